The number of nitrogens with one attached hydrogen (secondary N) is 1. The van der Waals surface area contributed by atoms with Gasteiger partial charge in [-0.2, -0.15) is 10.1 Å². The number of hydrogen-bond acceptors (Lipinski definition) is 6. The molecule has 1 N–H and O–H groups in total. The quantitative estimate of drug-likeness (QED) is 0.537. The lowest BCUT2D eigenvalue weighted by atomic mass is 9.94. The molecule has 0 unspecified atom stereocenters. The smallest absolute Gasteiger partial charge is 0.338 e. The predicted molar refractivity (Wildman–Crippen MR) is 130 cm³/mol. The van der Waals surface area contributed by atoms with Crippen LogP contribution < -0.4 is 10.2 Å². The number of benzene rings is 2. The van der Waals surface area contributed by atoms with E-state index in [1.54, 1.807) is 16.5 Å². The number of aryl methyl sites for hydroxylation is 2. The van der Waals surface area contributed by atoms with E-state index in [4.69, 9.17) is 4.74 Å². The van der Waals surface area contributed by atoms with E-state index in [9.17, 15) is 9.59 Å². The highest BCUT2D eigenvalue weighted by Crippen LogP contribution is 2.38. The molecule has 1 amide bonds. The van der Waals surface area contributed by atoms with Gasteiger partial charge in [-0.25, -0.2) is 9.48 Å². The number of anilines is 2. The van der Waals surface area contributed by atoms with Crippen LogP contribution in [0.25, 0.3) is 0 Å². The number of rotatable bonds is 7. The Morgan fingerprint density at radius 3 is 2.38 bits per heavy atom. The fourth-order valence-corrected chi connectivity index (χ4v) is 4.12. The predicted octanol–water partition coefficient (Wildman–Crippen LogP) is 4.03. The SMILES string of the molecule is CCOC(=O)C1=C(C)N(CC(=O)Nc2ccc(CC)cc2)c2ncnn2[C@@H]1c1ccc(C)cc1. The van der Waals surface area contributed by atoms with Crippen molar-refractivity contribution in [1.82, 2.24) is 14.8 Å². The Labute approximate surface area is 199 Å². The second-order valence-corrected chi connectivity index (χ2v) is 8.22. The van der Waals surface area contributed by atoms with Gasteiger partial charge in [-0.1, -0.05) is 48.9 Å². The maximum Gasteiger partial charge on any atom is 0.338 e. The van der Waals surface area contributed by atoms with Gasteiger partial charge in [0.25, 0.3) is 0 Å². The molecule has 0 saturated heterocycles. The third-order valence-corrected chi connectivity index (χ3v) is 5.94. The van der Waals surface area contributed by atoms with Crippen molar-refractivity contribution >= 4 is 23.5 Å². The maximum absolute atomic E-state index is 13.1. The number of hydrogen-bond donors (Lipinski definition) is 1. The number of esters is 1. The highest BCUT2D eigenvalue weighted by atomic mass is 16.5. The number of carbonyl (C=O) groups is 2. The van der Waals surface area contributed by atoms with Crippen molar-refractivity contribution in [1.29, 1.82) is 0 Å². The van der Waals surface area contributed by atoms with Gasteiger partial charge < -0.3 is 15.0 Å². The Bertz CT molecular complexity index is 1210. The van der Waals surface area contributed by atoms with E-state index in [0.29, 0.717) is 22.9 Å². The molecular weight excluding hydrogens is 430 g/mol. The number of amides is 1. The summed E-state index contributed by atoms with van der Waals surface area (Å²) in [6.07, 6.45) is 2.37. The van der Waals surface area contributed by atoms with Crippen molar-refractivity contribution in [2.75, 3.05) is 23.4 Å². The minimum absolute atomic E-state index is 0.0242. The Balaban J connectivity index is 1.69. The van der Waals surface area contributed by atoms with E-state index in [1.807, 2.05) is 62.4 Å². The molecule has 2 heterocycles. The number of aromatic nitrogens is 3. The molecule has 1 aliphatic heterocycles. The second kappa shape index (κ2) is 9.91. The van der Waals surface area contributed by atoms with Crippen molar-refractivity contribution in [3.63, 3.8) is 0 Å². The average molecular weight is 460 g/mol. The van der Waals surface area contributed by atoms with Gasteiger partial charge >= 0.3 is 5.97 Å². The van der Waals surface area contributed by atoms with Crippen LogP contribution in [0.3, 0.4) is 0 Å². The zero-order valence-electron chi connectivity index (χ0n) is 19.9. The third kappa shape index (κ3) is 4.57. The summed E-state index contributed by atoms with van der Waals surface area (Å²) >= 11 is 0. The van der Waals surface area contributed by atoms with Crippen LogP contribution in [-0.2, 0) is 20.7 Å². The molecule has 8 nitrogen and oxygen atoms in total. The summed E-state index contributed by atoms with van der Waals surface area (Å²) in [5, 5.41) is 7.34. The van der Waals surface area contributed by atoms with Crippen LogP contribution in [0.5, 0.6) is 0 Å². The van der Waals surface area contributed by atoms with Gasteiger partial charge in [-0.3, -0.25) is 4.79 Å². The Morgan fingerprint density at radius 1 is 1.03 bits per heavy atom. The maximum atomic E-state index is 13.1. The monoisotopic (exact) mass is 459 g/mol. The van der Waals surface area contributed by atoms with E-state index in [1.165, 1.54) is 11.9 Å². The van der Waals surface area contributed by atoms with Gasteiger partial charge in [0.2, 0.25) is 11.9 Å². The van der Waals surface area contributed by atoms with Crippen LogP contribution in [-0.4, -0.2) is 39.8 Å². The van der Waals surface area contributed by atoms with E-state index in [2.05, 4.69) is 22.3 Å². The molecule has 0 spiro atoms. The highest BCUT2D eigenvalue weighted by Gasteiger charge is 2.38. The minimum Gasteiger partial charge on any atom is -0.463 e. The molecule has 0 radical (unpaired) electrons. The summed E-state index contributed by atoms with van der Waals surface area (Å²) in [6, 6.07) is 15.2. The standard InChI is InChI=1S/C26H29N5O3/c1-5-19-9-13-21(14-10-19)29-22(32)15-30-18(4)23(25(33)34-6-2)24(31-26(30)27-16-28-31)20-11-7-17(3)8-12-20/h7-14,16,24H,5-6,15H2,1-4H3,(H,29,32)/t24-/m1/s1. The number of allylic oxidation sites excluding steroid dienone is 1. The van der Waals surface area contributed by atoms with Gasteiger partial charge in [0.1, 0.15) is 18.9 Å². The first-order chi connectivity index (χ1) is 16.4. The van der Waals surface area contributed by atoms with Crippen LogP contribution in [0.4, 0.5) is 11.6 Å². The average Bonchev–Trinajstić information content (AvgIpc) is 3.31. The van der Waals surface area contributed by atoms with Crippen molar-refractivity contribution in [2.45, 2.75) is 40.2 Å². The topological polar surface area (TPSA) is 89.3 Å². The summed E-state index contributed by atoms with van der Waals surface area (Å²) in [6.45, 7) is 7.90. The Kier molecular flexibility index (Phi) is 6.77. The lowest BCUT2D eigenvalue weighted by Gasteiger charge is -2.35. The van der Waals surface area contributed by atoms with Crippen molar-refractivity contribution in [3.8, 4) is 0 Å². The molecule has 34 heavy (non-hydrogen) atoms. The van der Waals surface area contributed by atoms with Crippen LogP contribution in [0.1, 0.15) is 43.5 Å². The largest absolute Gasteiger partial charge is 0.463 e. The molecular formula is C26H29N5O3. The Hall–Kier alpha value is -3.94. The molecule has 3 aromatic rings. The van der Waals surface area contributed by atoms with E-state index in [-0.39, 0.29) is 19.1 Å². The first kappa shape index (κ1) is 23.2. The molecule has 4 rings (SSSR count). The normalized spacial score (nSPS) is 15.2. The lowest BCUT2D eigenvalue weighted by Crippen LogP contribution is -2.40. The zero-order valence-corrected chi connectivity index (χ0v) is 19.9. The zero-order chi connectivity index (χ0) is 24.2. The molecule has 0 saturated carbocycles. The molecule has 1 atom stereocenters. The van der Waals surface area contributed by atoms with E-state index >= 15 is 0 Å². The van der Waals surface area contributed by atoms with Gasteiger partial charge in [0, 0.05) is 11.4 Å². The first-order valence-electron chi connectivity index (χ1n) is 11.4. The summed E-state index contributed by atoms with van der Waals surface area (Å²) in [5.41, 5.74) is 4.96. The van der Waals surface area contributed by atoms with Crippen LogP contribution in [0, 0.1) is 6.92 Å². The number of carbonyl (C=O) groups excluding carboxylic acids is 2. The summed E-state index contributed by atoms with van der Waals surface area (Å²) < 4.78 is 7.08. The number of ether oxygens (including phenoxy) is 1. The Morgan fingerprint density at radius 2 is 1.74 bits per heavy atom. The second-order valence-electron chi connectivity index (χ2n) is 8.22. The van der Waals surface area contributed by atoms with Crippen LogP contribution in [0.2, 0.25) is 0 Å². The van der Waals surface area contributed by atoms with Crippen molar-refractivity contribution in [2.24, 2.45) is 0 Å². The van der Waals surface area contributed by atoms with Crippen molar-refractivity contribution < 1.29 is 14.3 Å². The van der Waals surface area contributed by atoms with Gasteiger partial charge in [-0.05, 0) is 50.5 Å². The summed E-state index contributed by atoms with van der Waals surface area (Å²) in [5.74, 6) is -0.171. The fraction of sp³-hybridized carbons (Fsp3) is 0.308. The molecule has 2 aromatic carbocycles. The lowest BCUT2D eigenvalue weighted by molar-refractivity contribution is -0.139. The number of nitrogens with zero attached hydrogens (tertiary/aromatic N) is 4. The van der Waals surface area contributed by atoms with Gasteiger partial charge in [0.05, 0.1) is 12.2 Å². The molecule has 1 aromatic heterocycles. The highest BCUT2D eigenvalue weighted by molar-refractivity contribution is 5.96. The minimum atomic E-state index is -0.502. The molecule has 0 aliphatic carbocycles. The first-order valence-corrected chi connectivity index (χ1v) is 11.4. The molecule has 0 fully saturated rings. The summed E-state index contributed by atoms with van der Waals surface area (Å²) in [4.78, 5) is 32.2. The van der Waals surface area contributed by atoms with Crippen molar-refractivity contribution in [3.05, 3.63) is 82.8 Å². The molecule has 1 aliphatic rings. The van der Waals surface area contributed by atoms with E-state index in [0.717, 1.165) is 17.5 Å². The summed E-state index contributed by atoms with van der Waals surface area (Å²) in [7, 11) is 0. The van der Waals surface area contributed by atoms with Gasteiger partial charge in [0.15, 0.2) is 0 Å². The fourth-order valence-electron chi connectivity index (χ4n) is 4.12. The van der Waals surface area contributed by atoms with Crippen LogP contribution in [0.15, 0.2) is 66.1 Å². The van der Waals surface area contributed by atoms with Crippen LogP contribution >= 0.6 is 0 Å². The van der Waals surface area contributed by atoms with E-state index < -0.39 is 12.0 Å². The molecule has 8 heteroatoms. The third-order valence-electron chi connectivity index (χ3n) is 5.94. The molecule has 176 valence electrons. The van der Waals surface area contributed by atoms with Gasteiger partial charge in [-0.15, -0.1) is 0 Å². The number of fused-ring (bicyclic) bond motifs is 1. The molecule has 0 bridgehead atoms.